The lowest BCUT2D eigenvalue weighted by Crippen LogP contribution is -2.45. The van der Waals surface area contributed by atoms with Crippen LogP contribution in [0.2, 0.25) is 0 Å². The fourth-order valence-electron chi connectivity index (χ4n) is 2.98. The zero-order valence-corrected chi connectivity index (χ0v) is 13.8. The summed E-state index contributed by atoms with van der Waals surface area (Å²) in [4.78, 5) is 15.5. The molecule has 2 rings (SSSR count). The van der Waals surface area contributed by atoms with E-state index in [0.29, 0.717) is 18.4 Å². The second-order valence-corrected chi connectivity index (χ2v) is 6.38. The van der Waals surface area contributed by atoms with E-state index < -0.39 is 36.8 Å². The predicted molar refractivity (Wildman–Crippen MR) is 81.2 cm³/mol. The quantitative estimate of drug-likeness (QED) is 0.769. The van der Waals surface area contributed by atoms with Crippen LogP contribution in [0.25, 0.3) is 0 Å². The minimum Gasteiger partial charge on any atom is -0.335 e. The highest BCUT2D eigenvalue weighted by atomic mass is 19.4. The van der Waals surface area contributed by atoms with Crippen LogP contribution in [0.5, 0.6) is 0 Å². The average molecular weight is 383 g/mol. The standard InChI is InChI=1S/C16H19F6N3O/c17-15(18,19)8-13-6-10(4-5-23-13)9-24-14(26)25-12-3-1-2-11(7-12)16(20,21)22/h4-6,11-12H,1-3,7-9H2,(H2,24,25,26). The Labute approximate surface area is 146 Å². The Bertz CT molecular complexity index is 617. The summed E-state index contributed by atoms with van der Waals surface area (Å²) in [5.41, 5.74) is 0.253. The highest BCUT2D eigenvalue weighted by Crippen LogP contribution is 2.37. The van der Waals surface area contributed by atoms with Crippen molar-refractivity contribution >= 4 is 6.03 Å². The van der Waals surface area contributed by atoms with Gasteiger partial charge in [0.2, 0.25) is 0 Å². The smallest absolute Gasteiger partial charge is 0.335 e. The molecule has 1 heterocycles. The number of hydrogen-bond acceptors (Lipinski definition) is 2. The molecule has 2 amide bonds. The maximum atomic E-state index is 12.8. The van der Waals surface area contributed by atoms with Crippen LogP contribution in [0.1, 0.15) is 36.9 Å². The van der Waals surface area contributed by atoms with E-state index in [1.165, 1.54) is 18.3 Å². The van der Waals surface area contributed by atoms with E-state index in [1.807, 2.05) is 0 Å². The van der Waals surface area contributed by atoms with E-state index >= 15 is 0 Å². The monoisotopic (exact) mass is 383 g/mol. The van der Waals surface area contributed by atoms with Crippen molar-refractivity contribution in [2.45, 2.75) is 57.0 Å². The third kappa shape index (κ3) is 6.72. The van der Waals surface area contributed by atoms with Crippen molar-refractivity contribution in [3.8, 4) is 0 Å². The SMILES string of the molecule is O=C(NCc1ccnc(CC(F)(F)F)c1)NC1CCCC(C(F)(F)F)C1. The maximum Gasteiger partial charge on any atom is 0.394 e. The van der Waals surface area contributed by atoms with E-state index in [4.69, 9.17) is 0 Å². The molecule has 1 aromatic heterocycles. The van der Waals surface area contributed by atoms with Crippen LogP contribution in [-0.2, 0) is 13.0 Å². The molecule has 4 nitrogen and oxygen atoms in total. The highest BCUT2D eigenvalue weighted by molar-refractivity contribution is 5.74. The number of urea groups is 1. The summed E-state index contributed by atoms with van der Waals surface area (Å²) in [7, 11) is 0. The summed E-state index contributed by atoms with van der Waals surface area (Å²) in [6.45, 7) is -0.0470. The Morgan fingerprint density at radius 1 is 1.19 bits per heavy atom. The van der Waals surface area contributed by atoms with Crippen molar-refractivity contribution < 1.29 is 31.1 Å². The third-order valence-corrected chi connectivity index (χ3v) is 4.19. The number of carbonyl (C=O) groups is 1. The van der Waals surface area contributed by atoms with Crippen LogP contribution in [-0.4, -0.2) is 29.4 Å². The number of nitrogens with zero attached hydrogens (tertiary/aromatic N) is 1. The van der Waals surface area contributed by atoms with Crippen LogP contribution >= 0.6 is 0 Å². The molecule has 2 unspecified atom stereocenters. The molecule has 0 spiro atoms. The molecule has 26 heavy (non-hydrogen) atoms. The fourth-order valence-corrected chi connectivity index (χ4v) is 2.98. The van der Waals surface area contributed by atoms with Gasteiger partial charge in [-0.15, -0.1) is 0 Å². The molecule has 0 bridgehead atoms. The summed E-state index contributed by atoms with van der Waals surface area (Å²) in [6.07, 6.45) is -7.89. The van der Waals surface area contributed by atoms with E-state index in [2.05, 4.69) is 15.6 Å². The first-order valence-corrected chi connectivity index (χ1v) is 8.14. The lowest BCUT2D eigenvalue weighted by Gasteiger charge is -2.31. The Balaban J connectivity index is 1.82. The molecule has 1 aliphatic carbocycles. The molecule has 0 saturated heterocycles. The van der Waals surface area contributed by atoms with Crippen molar-refractivity contribution in [1.82, 2.24) is 15.6 Å². The zero-order valence-electron chi connectivity index (χ0n) is 13.8. The molecule has 0 aliphatic heterocycles. The van der Waals surface area contributed by atoms with Crippen molar-refractivity contribution in [1.29, 1.82) is 0 Å². The molecule has 1 fully saturated rings. The van der Waals surface area contributed by atoms with E-state index in [1.54, 1.807) is 0 Å². The zero-order chi connectivity index (χ0) is 19.4. The molecule has 2 N–H and O–H groups in total. The number of alkyl halides is 6. The normalized spacial score (nSPS) is 21.3. The Morgan fingerprint density at radius 2 is 1.92 bits per heavy atom. The number of aromatic nitrogens is 1. The average Bonchev–Trinajstić information content (AvgIpc) is 2.51. The number of carbonyl (C=O) groups excluding carboxylic acids is 1. The summed E-state index contributed by atoms with van der Waals surface area (Å²) in [6, 6.07) is 1.47. The first kappa shape index (κ1) is 20.3. The predicted octanol–water partition coefficient (Wildman–Crippen LogP) is 4.11. The molecule has 0 aromatic carbocycles. The number of pyridine rings is 1. The minimum atomic E-state index is -4.38. The van der Waals surface area contributed by atoms with Gasteiger partial charge in [0.1, 0.15) is 0 Å². The van der Waals surface area contributed by atoms with Gasteiger partial charge >= 0.3 is 18.4 Å². The van der Waals surface area contributed by atoms with Gasteiger partial charge in [-0.2, -0.15) is 26.3 Å². The van der Waals surface area contributed by atoms with Crippen LogP contribution in [0.4, 0.5) is 31.1 Å². The second kappa shape index (κ2) is 8.13. The van der Waals surface area contributed by atoms with E-state index in [9.17, 15) is 31.1 Å². The van der Waals surface area contributed by atoms with Crippen molar-refractivity contribution in [3.63, 3.8) is 0 Å². The topological polar surface area (TPSA) is 54.0 Å². The van der Waals surface area contributed by atoms with Crippen molar-refractivity contribution in [2.24, 2.45) is 5.92 Å². The Morgan fingerprint density at radius 3 is 2.58 bits per heavy atom. The molecule has 1 aromatic rings. The largest absolute Gasteiger partial charge is 0.394 e. The lowest BCUT2D eigenvalue weighted by atomic mass is 9.85. The van der Waals surface area contributed by atoms with Gasteiger partial charge in [-0.3, -0.25) is 4.98 Å². The molecule has 146 valence electrons. The van der Waals surface area contributed by atoms with Gasteiger partial charge in [0.25, 0.3) is 0 Å². The highest BCUT2D eigenvalue weighted by Gasteiger charge is 2.42. The summed E-state index contributed by atoms with van der Waals surface area (Å²) in [5.74, 6) is -1.42. The number of halogens is 6. The van der Waals surface area contributed by atoms with Gasteiger partial charge in [-0.25, -0.2) is 4.79 Å². The van der Waals surface area contributed by atoms with Crippen LogP contribution in [0, 0.1) is 5.92 Å². The summed E-state index contributed by atoms with van der Waals surface area (Å²) < 4.78 is 75.4. The molecule has 1 aliphatic rings. The van der Waals surface area contributed by atoms with E-state index in [-0.39, 0.29) is 25.1 Å². The molecular weight excluding hydrogens is 364 g/mol. The molecule has 0 radical (unpaired) electrons. The summed E-state index contributed by atoms with van der Waals surface area (Å²) >= 11 is 0. The maximum absolute atomic E-state index is 12.8. The molecular formula is C16H19F6N3O. The minimum absolute atomic E-state index is 0.0470. The van der Waals surface area contributed by atoms with Gasteiger partial charge in [0.05, 0.1) is 12.3 Å². The Hall–Kier alpha value is -2.00. The van der Waals surface area contributed by atoms with Gasteiger partial charge in [-0.1, -0.05) is 6.42 Å². The van der Waals surface area contributed by atoms with Gasteiger partial charge < -0.3 is 10.6 Å². The van der Waals surface area contributed by atoms with Crippen LogP contribution in [0.3, 0.4) is 0 Å². The van der Waals surface area contributed by atoms with Gasteiger partial charge in [0, 0.05) is 24.5 Å². The van der Waals surface area contributed by atoms with E-state index in [0.717, 1.165) is 0 Å². The van der Waals surface area contributed by atoms with Crippen LogP contribution in [0.15, 0.2) is 18.3 Å². The molecule has 2 atom stereocenters. The van der Waals surface area contributed by atoms with Gasteiger partial charge in [0.15, 0.2) is 0 Å². The van der Waals surface area contributed by atoms with Crippen LogP contribution < -0.4 is 10.6 Å². The number of amides is 2. The fraction of sp³-hybridized carbons (Fsp3) is 0.625. The second-order valence-electron chi connectivity index (χ2n) is 6.38. The first-order valence-electron chi connectivity index (χ1n) is 8.14. The Kier molecular flexibility index (Phi) is 6.35. The number of rotatable bonds is 4. The van der Waals surface area contributed by atoms with Gasteiger partial charge in [-0.05, 0) is 37.0 Å². The lowest BCUT2D eigenvalue weighted by molar-refractivity contribution is -0.183. The molecule has 10 heteroatoms. The molecule has 1 saturated carbocycles. The summed E-state index contributed by atoms with van der Waals surface area (Å²) in [5, 5.41) is 4.95. The third-order valence-electron chi connectivity index (χ3n) is 4.19. The number of nitrogens with one attached hydrogen (secondary N) is 2. The number of hydrogen-bond donors (Lipinski definition) is 2. The van der Waals surface area contributed by atoms with Crippen molar-refractivity contribution in [3.05, 3.63) is 29.6 Å². The first-order chi connectivity index (χ1) is 12.0. The van der Waals surface area contributed by atoms with Crippen molar-refractivity contribution in [2.75, 3.05) is 0 Å².